The summed E-state index contributed by atoms with van der Waals surface area (Å²) in [5, 5.41) is -0.347. The lowest BCUT2D eigenvalue weighted by Crippen LogP contribution is -2.53. The molecule has 2 atom stereocenters. The van der Waals surface area contributed by atoms with E-state index in [2.05, 4.69) is 12.6 Å². The van der Waals surface area contributed by atoms with Crippen molar-refractivity contribution in [2.24, 2.45) is 11.7 Å². The molecule has 0 radical (unpaired) electrons. The second kappa shape index (κ2) is 5.57. The van der Waals surface area contributed by atoms with Crippen LogP contribution in [0.15, 0.2) is 0 Å². The fraction of sp³-hybridized carbons (Fsp3) is 0.818. The van der Waals surface area contributed by atoms with Gasteiger partial charge < -0.3 is 10.6 Å². The van der Waals surface area contributed by atoms with E-state index in [0.717, 1.165) is 12.8 Å². The quantitative estimate of drug-likeness (QED) is 0.722. The van der Waals surface area contributed by atoms with E-state index in [-0.39, 0.29) is 17.1 Å². The molecule has 2 unspecified atom stereocenters. The third-order valence-electron chi connectivity index (χ3n) is 3.00. The van der Waals surface area contributed by atoms with Gasteiger partial charge in [0.1, 0.15) is 6.04 Å². The highest BCUT2D eigenvalue weighted by Gasteiger charge is 2.33. The van der Waals surface area contributed by atoms with E-state index in [1.54, 1.807) is 4.90 Å². The lowest BCUT2D eigenvalue weighted by molar-refractivity contribution is -0.141. The minimum atomic E-state index is -0.436. The Balaban J connectivity index is 2.75. The van der Waals surface area contributed by atoms with Gasteiger partial charge in [-0.15, -0.1) is 0 Å². The molecule has 1 saturated heterocycles. The molecule has 0 saturated carbocycles. The Morgan fingerprint density at radius 1 is 1.38 bits per heavy atom. The topological polar surface area (TPSA) is 63.4 Å². The van der Waals surface area contributed by atoms with Crippen molar-refractivity contribution in [3.63, 3.8) is 0 Å². The van der Waals surface area contributed by atoms with Crippen LogP contribution >= 0.6 is 12.6 Å². The number of nitrogens with two attached hydrogens (primary N) is 1. The highest BCUT2D eigenvalue weighted by molar-refractivity contribution is 7.81. The van der Waals surface area contributed by atoms with E-state index in [4.69, 9.17) is 5.73 Å². The number of primary amides is 1. The second-order valence-electron chi connectivity index (χ2n) is 4.63. The van der Waals surface area contributed by atoms with Gasteiger partial charge in [0, 0.05) is 6.54 Å². The number of carbonyl (C=O) groups is 2. The largest absolute Gasteiger partial charge is 0.368 e. The van der Waals surface area contributed by atoms with Crippen LogP contribution in [-0.2, 0) is 9.59 Å². The highest BCUT2D eigenvalue weighted by atomic mass is 32.1. The molecule has 1 heterocycles. The van der Waals surface area contributed by atoms with Gasteiger partial charge in [-0.25, -0.2) is 0 Å². The third-order valence-corrected chi connectivity index (χ3v) is 3.82. The first kappa shape index (κ1) is 13.4. The van der Waals surface area contributed by atoms with Crippen LogP contribution in [0.25, 0.3) is 0 Å². The molecule has 1 fully saturated rings. The molecular weight excluding hydrogens is 224 g/mol. The Bertz CT molecular complexity index is 281. The van der Waals surface area contributed by atoms with E-state index in [9.17, 15) is 9.59 Å². The van der Waals surface area contributed by atoms with Crippen LogP contribution in [0, 0.1) is 5.92 Å². The van der Waals surface area contributed by atoms with Crippen LogP contribution in [0.2, 0.25) is 0 Å². The van der Waals surface area contributed by atoms with Gasteiger partial charge in [-0.2, -0.15) is 12.6 Å². The highest BCUT2D eigenvalue weighted by Crippen LogP contribution is 2.21. The number of amides is 2. The van der Waals surface area contributed by atoms with Crippen molar-refractivity contribution in [3.8, 4) is 0 Å². The zero-order chi connectivity index (χ0) is 12.3. The molecule has 0 aromatic heterocycles. The number of piperidine rings is 1. The zero-order valence-corrected chi connectivity index (χ0v) is 10.7. The SMILES string of the molecule is CC(C)C(S)C(=O)N1CCCCC1C(N)=O. The first-order valence-electron chi connectivity index (χ1n) is 5.73. The number of nitrogens with zero attached hydrogens (tertiary/aromatic N) is 1. The van der Waals surface area contributed by atoms with Crippen molar-refractivity contribution in [1.82, 2.24) is 4.90 Å². The van der Waals surface area contributed by atoms with E-state index >= 15 is 0 Å². The molecule has 1 rings (SSSR count). The summed E-state index contributed by atoms with van der Waals surface area (Å²) < 4.78 is 0. The monoisotopic (exact) mass is 244 g/mol. The maximum Gasteiger partial charge on any atom is 0.240 e. The summed E-state index contributed by atoms with van der Waals surface area (Å²) in [5.41, 5.74) is 5.31. The average Bonchev–Trinajstić information content (AvgIpc) is 2.26. The van der Waals surface area contributed by atoms with Crippen LogP contribution in [0.4, 0.5) is 0 Å². The predicted octanol–water partition coefficient (Wildman–Crippen LogP) is 0.807. The van der Waals surface area contributed by atoms with Crippen LogP contribution in [-0.4, -0.2) is 34.6 Å². The molecule has 2 amide bonds. The molecule has 0 bridgehead atoms. The molecular formula is C11H20N2O2S. The average molecular weight is 244 g/mol. The van der Waals surface area contributed by atoms with Crippen LogP contribution in [0.1, 0.15) is 33.1 Å². The van der Waals surface area contributed by atoms with Crippen LogP contribution in [0.5, 0.6) is 0 Å². The summed E-state index contributed by atoms with van der Waals surface area (Å²) in [6.07, 6.45) is 2.57. The summed E-state index contributed by atoms with van der Waals surface area (Å²) in [7, 11) is 0. The molecule has 1 aliphatic rings. The minimum absolute atomic E-state index is 0.0677. The summed E-state index contributed by atoms with van der Waals surface area (Å²) >= 11 is 4.30. The Morgan fingerprint density at radius 3 is 2.50 bits per heavy atom. The zero-order valence-electron chi connectivity index (χ0n) is 9.85. The van der Waals surface area contributed by atoms with Crippen molar-refractivity contribution in [3.05, 3.63) is 0 Å². The number of carbonyl (C=O) groups excluding carboxylic acids is 2. The summed E-state index contributed by atoms with van der Waals surface area (Å²) in [6.45, 7) is 4.51. The van der Waals surface area contributed by atoms with Gasteiger partial charge in [0.05, 0.1) is 5.25 Å². The maximum absolute atomic E-state index is 12.1. The van der Waals surface area contributed by atoms with E-state index in [1.807, 2.05) is 13.8 Å². The molecule has 92 valence electrons. The Labute approximate surface area is 102 Å². The maximum atomic E-state index is 12.1. The lowest BCUT2D eigenvalue weighted by atomic mass is 9.99. The van der Waals surface area contributed by atoms with Crippen LogP contribution < -0.4 is 5.73 Å². The van der Waals surface area contributed by atoms with Gasteiger partial charge in [0.2, 0.25) is 11.8 Å². The van der Waals surface area contributed by atoms with E-state index in [0.29, 0.717) is 13.0 Å². The van der Waals surface area contributed by atoms with Crippen molar-refractivity contribution < 1.29 is 9.59 Å². The molecule has 16 heavy (non-hydrogen) atoms. The summed E-state index contributed by atoms with van der Waals surface area (Å²) in [6, 6.07) is -0.436. The van der Waals surface area contributed by atoms with Gasteiger partial charge in [-0.1, -0.05) is 13.8 Å². The van der Waals surface area contributed by atoms with Gasteiger partial charge in [0.25, 0.3) is 0 Å². The lowest BCUT2D eigenvalue weighted by Gasteiger charge is -2.35. The smallest absolute Gasteiger partial charge is 0.240 e. The van der Waals surface area contributed by atoms with E-state index < -0.39 is 11.9 Å². The number of hydrogen-bond acceptors (Lipinski definition) is 3. The fourth-order valence-corrected chi connectivity index (χ4v) is 2.09. The normalized spacial score (nSPS) is 23.2. The van der Waals surface area contributed by atoms with Gasteiger partial charge in [0.15, 0.2) is 0 Å². The van der Waals surface area contributed by atoms with Crippen molar-refractivity contribution in [2.45, 2.75) is 44.4 Å². The third kappa shape index (κ3) is 2.90. The molecule has 0 spiro atoms. The Kier molecular flexibility index (Phi) is 4.65. The molecule has 5 heteroatoms. The number of likely N-dealkylation sites (tertiary alicyclic amines) is 1. The van der Waals surface area contributed by atoms with Gasteiger partial charge >= 0.3 is 0 Å². The molecule has 0 aliphatic carbocycles. The molecule has 1 aliphatic heterocycles. The van der Waals surface area contributed by atoms with Crippen LogP contribution in [0.3, 0.4) is 0 Å². The predicted molar refractivity (Wildman–Crippen MR) is 66.2 cm³/mol. The molecule has 4 nitrogen and oxygen atoms in total. The van der Waals surface area contributed by atoms with Crippen molar-refractivity contribution in [2.75, 3.05) is 6.54 Å². The number of rotatable bonds is 3. The Hall–Kier alpha value is -0.710. The summed E-state index contributed by atoms with van der Waals surface area (Å²) in [5.74, 6) is -0.314. The summed E-state index contributed by atoms with van der Waals surface area (Å²) in [4.78, 5) is 25.0. The van der Waals surface area contributed by atoms with Crippen molar-refractivity contribution in [1.29, 1.82) is 0 Å². The Morgan fingerprint density at radius 2 is 2.00 bits per heavy atom. The van der Waals surface area contributed by atoms with Crippen molar-refractivity contribution >= 4 is 24.4 Å². The first-order valence-corrected chi connectivity index (χ1v) is 6.24. The molecule has 0 aromatic carbocycles. The molecule has 0 aromatic rings. The molecule has 2 N–H and O–H groups in total. The van der Waals surface area contributed by atoms with Gasteiger partial charge in [-0.05, 0) is 25.2 Å². The number of thiol groups is 1. The standard InChI is InChI=1S/C11H20N2O2S/c1-7(2)9(16)11(15)13-6-4-3-5-8(13)10(12)14/h7-9,16H,3-6H2,1-2H3,(H2,12,14). The second-order valence-corrected chi connectivity index (χ2v) is 5.19. The minimum Gasteiger partial charge on any atom is -0.368 e. The fourth-order valence-electron chi connectivity index (χ4n) is 1.95. The first-order chi connectivity index (χ1) is 7.45. The van der Waals surface area contributed by atoms with Gasteiger partial charge in [-0.3, -0.25) is 9.59 Å². The number of hydrogen-bond donors (Lipinski definition) is 2. The van der Waals surface area contributed by atoms with E-state index in [1.165, 1.54) is 0 Å².